The second-order valence-electron chi connectivity index (χ2n) is 16.2. The lowest BCUT2D eigenvalue weighted by Gasteiger charge is -2.37. The Morgan fingerprint density at radius 3 is 2.29 bits per heavy atom. The number of carbonyl (C=O) groups excluding carboxylic acids is 6. The number of nitrogens with one attached hydrogen (secondary N) is 4. The van der Waals surface area contributed by atoms with Gasteiger partial charge in [-0.1, -0.05) is 65.5 Å². The van der Waals surface area contributed by atoms with Gasteiger partial charge in [-0.15, -0.1) is 0 Å². The molecule has 1 saturated heterocycles. The third kappa shape index (κ3) is 11.1. The topological polar surface area (TPSA) is 213 Å². The first kappa shape index (κ1) is 41.8. The number of ether oxygens (including phenoxy) is 1. The molecule has 1 unspecified atom stereocenters. The molecule has 0 spiro atoms. The maximum Gasteiger partial charge on any atom is 0.289 e. The number of hydrogen-bond donors (Lipinski definition) is 4. The number of aromatic nitrogens is 2. The van der Waals surface area contributed by atoms with Crippen molar-refractivity contribution in [3.05, 3.63) is 54.1 Å². The minimum absolute atomic E-state index is 0.0106. The molecule has 1 aliphatic heterocycles. The van der Waals surface area contributed by atoms with Crippen LogP contribution in [0.5, 0.6) is 5.75 Å². The van der Waals surface area contributed by atoms with Gasteiger partial charge in [0.15, 0.2) is 0 Å². The maximum absolute atomic E-state index is 14.8. The van der Waals surface area contributed by atoms with Crippen LogP contribution in [0.25, 0.3) is 0 Å². The van der Waals surface area contributed by atoms with Crippen LogP contribution in [-0.4, -0.2) is 93.0 Å². The summed E-state index contributed by atoms with van der Waals surface area (Å²) in [7, 11) is 0. The van der Waals surface area contributed by atoms with E-state index in [2.05, 4.69) is 37.3 Å². The highest BCUT2D eigenvalue weighted by Gasteiger charge is 2.47. The van der Waals surface area contributed by atoms with E-state index in [9.17, 15) is 28.8 Å². The van der Waals surface area contributed by atoms with E-state index in [0.29, 0.717) is 25.0 Å². The number of Topliss-reactive ketones (excluding diaryl/α,β-unsaturated/α-hetero) is 1. The summed E-state index contributed by atoms with van der Waals surface area (Å²) in [4.78, 5) is 91.9. The first-order chi connectivity index (χ1) is 26.8. The number of benzene rings is 1. The summed E-state index contributed by atoms with van der Waals surface area (Å²) in [6.45, 7) is 7.25. The van der Waals surface area contributed by atoms with Crippen molar-refractivity contribution in [3.8, 4) is 11.8 Å². The van der Waals surface area contributed by atoms with E-state index in [-0.39, 0.29) is 43.5 Å². The Hall–Kier alpha value is -5.39. The highest BCUT2D eigenvalue weighted by atomic mass is 16.5. The van der Waals surface area contributed by atoms with E-state index in [0.717, 1.165) is 37.7 Å². The molecular weight excluding hydrogens is 716 g/mol. The van der Waals surface area contributed by atoms with E-state index in [4.69, 9.17) is 10.00 Å². The molecule has 2 aromatic rings. The van der Waals surface area contributed by atoms with Crippen LogP contribution in [0, 0.1) is 22.7 Å². The number of rotatable bonds is 16. The lowest BCUT2D eigenvalue weighted by molar-refractivity contribution is -0.145. The average molecular weight is 771 g/mol. The van der Waals surface area contributed by atoms with Gasteiger partial charge in [-0.2, -0.15) is 5.26 Å². The number of ketones is 1. The van der Waals surface area contributed by atoms with Crippen molar-refractivity contribution < 1.29 is 33.5 Å². The van der Waals surface area contributed by atoms with E-state index in [1.165, 1.54) is 23.5 Å². The molecule has 3 aliphatic rings. The maximum atomic E-state index is 14.8. The summed E-state index contributed by atoms with van der Waals surface area (Å²) < 4.78 is 6.27. The number of amides is 5. The van der Waals surface area contributed by atoms with Crippen LogP contribution in [0.3, 0.4) is 0 Å². The quantitative estimate of drug-likeness (QED) is 0.183. The summed E-state index contributed by atoms with van der Waals surface area (Å²) in [5, 5.41) is 20.4. The molecule has 0 bridgehead atoms. The monoisotopic (exact) mass is 770 g/mol. The van der Waals surface area contributed by atoms with Crippen LogP contribution >= 0.6 is 0 Å². The van der Waals surface area contributed by atoms with Crippen molar-refractivity contribution >= 4 is 35.3 Å². The first-order valence-corrected chi connectivity index (χ1v) is 19.7. The Labute approximate surface area is 328 Å². The number of carbonyl (C=O) groups is 6. The van der Waals surface area contributed by atoms with Gasteiger partial charge in [-0.25, -0.2) is 4.98 Å². The van der Waals surface area contributed by atoms with Crippen molar-refractivity contribution in [2.75, 3.05) is 6.54 Å². The van der Waals surface area contributed by atoms with Crippen molar-refractivity contribution in [2.45, 2.75) is 135 Å². The van der Waals surface area contributed by atoms with Crippen LogP contribution in [-0.2, 0) is 30.4 Å². The Kier molecular flexibility index (Phi) is 14.1. The summed E-state index contributed by atoms with van der Waals surface area (Å²) in [6.07, 6.45) is 10.4. The molecule has 3 fully saturated rings. The van der Waals surface area contributed by atoms with Crippen molar-refractivity contribution in [3.63, 3.8) is 0 Å². The molecule has 15 heteroatoms. The predicted octanol–water partition coefficient (Wildman–Crippen LogP) is 2.93. The van der Waals surface area contributed by atoms with Crippen LogP contribution in [0.2, 0.25) is 0 Å². The summed E-state index contributed by atoms with van der Waals surface area (Å²) in [6, 6.07) is 4.77. The number of hydrogen-bond acceptors (Lipinski definition) is 10. The zero-order valence-corrected chi connectivity index (χ0v) is 32.7. The number of likely N-dealkylation sites (tertiary alicyclic amines) is 1. The lowest BCUT2D eigenvalue weighted by Crippen LogP contribution is -2.62. The van der Waals surface area contributed by atoms with Crippen LogP contribution in [0.1, 0.15) is 108 Å². The fourth-order valence-corrected chi connectivity index (χ4v) is 7.36. The van der Waals surface area contributed by atoms with Gasteiger partial charge in [0.25, 0.3) is 11.8 Å². The third-order valence-corrected chi connectivity index (χ3v) is 10.6. The van der Waals surface area contributed by atoms with Crippen molar-refractivity contribution in [1.82, 2.24) is 36.1 Å². The van der Waals surface area contributed by atoms with E-state index < -0.39 is 71.0 Å². The number of nitriles is 1. The van der Waals surface area contributed by atoms with Gasteiger partial charge < -0.3 is 30.9 Å². The minimum atomic E-state index is -1.13. The summed E-state index contributed by atoms with van der Waals surface area (Å²) in [5.41, 5.74) is 0.0173. The van der Waals surface area contributed by atoms with Gasteiger partial charge in [0.1, 0.15) is 35.7 Å². The van der Waals surface area contributed by atoms with Crippen LogP contribution in [0.4, 0.5) is 0 Å². The van der Waals surface area contributed by atoms with E-state index in [1.54, 1.807) is 45.0 Å². The molecule has 5 rings (SSSR count). The highest BCUT2D eigenvalue weighted by molar-refractivity contribution is 6.38. The molecule has 2 aliphatic carbocycles. The summed E-state index contributed by atoms with van der Waals surface area (Å²) >= 11 is 0. The zero-order chi connectivity index (χ0) is 40.4. The molecule has 0 radical (unpaired) electrons. The molecule has 300 valence electrons. The third-order valence-electron chi connectivity index (χ3n) is 10.6. The Morgan fingerprint density at radius 2 is 1.68 bits per heavy atom. The Balaban J connectivity index is 1.40. The highest BCUT2D eigenvalue weighted by Crippen LogP contribution is 2.31. The molecular formula is C41H54N8O7. The van der Waals surface area contributed by atoms with Gasteiger partial charge in [-0.05, 0) is 61.1 Å². The minimum Gasteiger partial charge on any atom is -0.488 e. The van der Waals surface area contributed by atoms with Gasteiger partial charge in [-0.3, -0.25) is 33.8 Å². The van der Waals surface area contributed by atoms with Gasteiger partial charge in [0.05, 0.1) is 31.3 Å². The van der Waals surface area contributed by atoms with Gasteiger partial charge >= 0.3 is 0 Å². The number of nitrogens with zero attached hydrogens (tertiary/aromatic N) is 4. The second kappa shape index (κ2) is 19.0. The lowest BCUT2D eigenvalue weighted by atomic mass is 9.82. The fourth-order valence-electron chi connectivity index (χ4n) is 7.36. The van der Waals surface area contributed by atoms with Crippen molar-refractivity contribution in [2.24, 2.45) is 11.3 Å². The average Bonchev–Trinajstić information content (AvgIpc) is 3.91. The van der Waals surface area contributed by atoms with Gasteiger partial charge in [0, 0.05) is 24.9 Å². The van der Waals surface area contributed by atoms with E-state index in [1.807, 2.05) is 6.92 Å². The van der Waals surface area contributed by atoms with E-state index >= 15 is 0 Å². The first-order valence-electron chi connectivity index (χ1n) is 19.7. The predicted molar refractivity (Wildman–Crippen MR) is 205 cm³/mol. The SMILES string of the molecule is CCC[C@H](NC(=O)[C@@H]1C[C@@H](Oc2ccc(CC#N)cc2)CN1C(=O)[C@@H](NC(=O)C(NC(=O)c1cnccn1)C1CCCCC1)C(C)(C)C)C(=O)C(=O)NC1CC1. The van der Waals surface area contributed by atoms with Crippen molar-refractivity contribution in [1.29, 1.82) is 5.26 Å². The molecule has 15 nitrogen and oxygen atoms in total. The summed E-state index contributed by atoms with van der Waals surface area (Å²) in [5.74, 6) is -3.41. The van der Waals surface area contributed by atoms with Crippen LogP contribution in [0.15, 0.2) is 42.9 Å². The molecule has 1 aromatic carbocycles. The Bertz CT molecular complexity index is 1760. The standard InChI is InChI=1S/C41H54N8O7/c1-5-9-30(34(50)39(54)45-27-14-15-27)46-37(52)32-22-29(56-28-16-12-25(13-17-28)18-19-42)24-49(32)40(55)35(41(2,3)4)48-38(53)33(26-10-7-6-8-11-26)47-36(51)31-23-43-20-21-44-31/h12-13,16-17,20-21,23,26-27,29-30,32-33,35H,5-11,14-15,18,22,24H2,1-4H3,(H,45,54)(H,46,52)(H,47,51)(H,48,53)/t29-,30+,32+,33?,35-/m1/s1. The fraction of sp³-hybridized carbons (Fsp3) is 0.585. The Morgan fingerprint density at radius 1 is 0.964 bits per heavy atom. The molecule has 56 heavy (non-hydrogen) atoms. The molecule has 5 atom stereocenters. The molecule has 1 aromatic heterocycles. The smallest absolute Gasteiger partial charge is 0.289 e. The van der Waals surface area contributed by atoms with Gasteiger partial charge in [0.2, 0.25) is 23.5 Å². The molecule has 2 heterocycles. The largest absolute Gasteiger partial charge is 0.488 e. The zero-order valence-electron chi connectivity index (χ0n) is 32.7. The molecule has 2 saturated carbocycles. The molecule has 4 N–H and O–H groups in total. The normalized spacial score (nSPS) is 20.1. The van der Waals surface area contributed by atoms with Crippen LogP contribution < -0.4 is 26.0 Å². The second-order valence-corrected chi connectivity index (χ2v) is 16.2. The molecule has 5 amide bonds.